The molecule has 0 radical (unpaired) electrons. The second-order valence-electron chi connectivity index (χ2n) is 6.72. The van der Waals surface area contributed by atoms with Crippen molar-refractivity contribution in [3.05, 3.63) is 62.8 Å². The third-order valence-electron chi connectivity index (χ3n) is 4.66. The Balaban J connectivity index is 1.70. The van der Waals surface area contributed by atoms with E-state index in [1.165, 1.54) is 5.56 Å². The van der Waals surface area contributed by atoms with E-state index >= 15 is 0 Å². The Morgan fingerprint density at radius 3 is 2.54 bits per heavy atom. The number of nitrogens with one attached hydrogen (secondary N) is 1. The first kappa shape index (κ1) is 18.6. The molecule has 0 unspecified atom stereocenters. The van der Waals surface area contributed by atoms with Gasteiger partial charge in [0.2, 0.25) is 5.82 Å². The summed E-state index contributed by atoms with van der Waals surface area (Å²) in [5.74, 6) is -1.21. The standard InChI is InChI=1S/C19H22F3N3O/c1-2-3-4-13-5-7-14(8-6-13)11-25-10-9-16-15(12-25)17(26)24-18(23-16)19(20,21)22/h5-8H,2-4,9-12H2,1H3,(H,23,24,26). The average Bonchev–Trinajstić information content (AvgIpc) is 2.61. The Labute approximate surface area is 150 Å². The summed E-state index contributed by atoms with van der Waals surface area (Å²) in [7, 11) is 0. The first-order valence-electron chi connectivity index (χ1n) is 8.86. The fourth-order valence-corrected chi connectivity index (χ4v) is 3.20. The highest BCUT2D eigenvalue weighted by Gasteiger charge is 2.35. The molecule has 26 heavy (non-hydrogen) atoms. The van der Waals surface area contributed by atoms with Crippen LogP contribution in [0.3, 0.4) is 0 Å². The van der Waals surface area contributed by atoms with Crippen LogP contribution in [0.15, 0.2) is 29.1 Å². The Morgan fingerprint density at radius 2 is 1.88 bits per heavy atom. The monoisotopic (exact) mass is 365 g/mol. The molecule has 0 fully saturated rings. The van der Waals surface area contributed by atoms with Crippen LogP contribution in [0, 0.1) is 0 Å². The van der Waals surface area contributed by atoms with Crippen molar-refractivity contribution < 1.29 is 13.2 Å². The van der Waals surface area contributed by atoms with Gasteiger partial charge in [-0.2, -0.15) is 13.2 Å². The number of halogens is 3. The number of rotatable bonds is 5. The fraction of sp³-hybridized carbons (Fsp3) is 0.474. The summed E-state index contributed by atoms with van der Waals surface area (Å²) < 4.78 is 38.3. The highest BCUT2D eigenvalue weighted by molar-refractivity contribution is 5.25. The molecule has 0 amide bonds. The van der Waals surface area contributed by atoms with Crippen LogP contribution in [0.25, 0.3) is 0 Å². The zero-order valence-electron chi connectivity index (χ0n) is 14.7. The summed E-state index contributed by atoms with van der Waals surface area (Å²) >= 11 is 0. The van der Waals surface area contributed by atoms with Crippen molar-refractivity contribution in [2.75, 3.05) is 6.54 Å². The van der Waals surface area contributed by atoms with Gasteiger partial charge in [0.1, 0.15) is 0 Å². The second kappa shape index (κ2) is 7.61. The number of alkyl halides is 3. The van der Waals surface area contributed by atoms with Crippen molar-refractivity contribution in [1.82, 2.24) is 14.9 Å². The number of aromatic amines is 1. The van der Waals surface area contributed by atoms with Gasteiger partial charge in [-0.15, -0.1) is 0 Å². The first-order valence-corrected chi connectivity index (χ1v) is 8.86. The lowest BCUT2D eigenvalue weighted by atomic mass is 10.0. The Bertz CT molecular complexity index is 812. The van der Waals surface area contributed by atoms with Gasteiger partial charge in [-0.1, -0.05) is 37.6 Å². The molecule has 0 saturated carbocycles. The average molecular weight is 365 g/mol. The van der Waals surface area contributed by atoms with Crippen molar-refractivity contribution in [2.45, 2.75) is 51.9 Å². The number of hydrogen-bond donors (Lipinski definition) is 1. The van der Waals surface area contributed by atoms with Gasteiger partial charge in [-0.25, -0.2) is 4.98 Å². The third-order valence-corrected chi connectivity index (χ3v) is 4.66. The number of aromatic nitrogens is 2. The molecular formula is C19H22F3N3O. The van der Waals surface area contributed by atoms with Gasteiger partial charge < -0.3 is 4.98 Å². The summed E-state index contributed by atoms with van der Waals surface area (Å²) in [6.07, 6.45) is -0.899. The van der Waals surface area contributed by atoms with Gasteiger partial charge in [0.05, 0.1) is 11.3 Å². The van der Waals surface area contributed by atoms with Gasteiger partial charge in [-0.3, -0.25) is 9.69 Å². The molecule has 1 N–H and O–H groups in total. The molecule has 0 atom stereocenters. The fourth-order valence-electron chi connectivity index (χ4n) is 3.20. The highest BCUT2D eigenvalue weighted by atomic mass is 19.4. The summed E-state index contributed by atoms with van der Waals surface area (Å²) in [6.45, 7) is 3.72. The van der Waals surface area contributed by atoms with Crippen LogP contribution in [-0.2, 0) is 32.1 Å². The quantitative estimate of drug-likeness (QED) is 0.879. The van der Waals surface area contributed by atoms with Crippen LogP contribution in [0.4, 0.5) is 13.2 Å². The molecule has 0 saturated heterocycles. The predicted molar refractivity (Wildman–Crippen MR) is 92.7 cm³/mol. The Morgan fingerprint density at radius 1 is 1.19 bits per heavy atom. The molecule has 140 valence electrons. The van der Waals surface area contributed by atoms with E-state index in [0.717, 1.165) is 24.8 Å². The van der Waals surface area contributed by atoms with Crippen molar-refractivity contribution in [3.63, 3.8) is 0 Å². The zero-order chi connectivity index (χ0) is 18.7. The van der Waals surface area contributed by atoms with E-state index in [0.29, 0.717) is 31.6 Å². The maximum absolute atomic E-state index is 12.8. The van der Waals surface area contributed by atoms with Crippen LogP contribution in [0.5, 0.6) is 0 Å². The predicted octanol–water partition coefficient (Wildman–Crippen LogP) is 3.69. The number of nitrogens with zero attached hydrogens (tertiary/aromatic N) is 2. The Kier molecular flexibility index (Phi) is 5.46. The van der Waals surface area contributed by atoms with Gasteiger partial charge in [-0.05, 0) is 24.0 Å². The van der Waals surface area contributed by atoms with E-state index in [9.17, 15) is 18.0 Å². The molecule has 2 heterocycles. The topological polar surface area (TPSA) is 49.0 Å². The smallest absolute Gasteiger partial charge is 0.303 e. The summed E-state index contributed by atoms with van der Waals surface area (Å²) in [4.78, 5) is 19.6. The molecular weight excluding hydrogens is 343 g/mol. The second-order valence-corrected chi connectivity index (χ2v) is 6.72. The molecule has 1 aliphatic heterocycles. The number of hydrogen-bond acceptors (Lipinski definition) is 3. The van der Waals surface area contributed by atoms with Crippen LogP contribution < -0.4 is 5.56 Å². The normalized spacial score (nSPS) is 15.1. The SMILES string of the molecule is CCCCc1ccc(CN2CCc3nc(C(F)(F)F)[nH]c(=O)c3C2)cc1. The molecule has 0 spiro atoms. The number of aryl methyl sites for hydroxylation is 1. The molecule has 3 rings (SSSR count). The summed E-state index contributed by atoms with van der Waals surface area (Å²) in [5.41, 5.74) is 2.34. The molecule has 1 aromatic heterocycles. The molecule has 1 aliphatic rings. The third kappa shape index (κ3) is 4.33. The van der Waals surface area contributed by atoms with Crippen molar-refractivity contribution >= 4 is 0 Å². The van der Waals surface area contributed by atoms with Crippen LogP contribution in [0.1, 0.15) is 48.0 Å². The maximum Gasteiger partial charge on any atom is 0.449 e. The highest BCUT2D eigenvalue weighted by Crippen LogP contribution is 2.26. The Hall–Kier alpha value is -2.15. The van der Waals surface area contributed by atoms with Gasteiger partial charge in [0.15, 0.2) is 0 Å². The minimum absolute atomic E-state index is 0.257. The molecule has 0 aliphatic carbocycles. The molecule has 4 nitrogen and oxygen atoms in total. The van der Waals surface area contributed by atoms with E-state index in [1.807, 2.05) is 4.98 Å². The largest absolute Gasteiger partial charge is 0.449 e. The number of fused-ring (bicyclic) bond motifs is 1. The van der Waals surface area contributed by atoms with Gasteiger partial charge in [0.25, 0.3) is 5.56 Å². The van der Waals surface area contributed by atoms with E-state index in [-0.39, 0.29) is 5.69 Å². The number of H-pyrrole nitrogens is 1. The summed E-state index contributed by atoms with van der Waals surface area (Å²) in [6, 6.07) is 8.39. The maximum atomic E-state index is 12.8. The van der Waals surface area contributed by atoms with Crippen LogP contribution in [-0.4, -0.2) is 21.4 Å². The van der Waals surface area contributed by atoms with E-state index in [1.54, 1.807) is 0 Å². The van der Waals surface area contributed by atoms with Gasteiger partial charge in [0, 0.05) is 26.1 Å². The van der Waals surface area contributed by atoms with Crippen molar-refractivity contribution in [2.24, 2.45) is 0 Å². The van der Waals surface area contributed by atoms with Crippen LogP contribution >= 0.6 is 0 Å². The minimum atomic E-state index is -4.63. The molecule has 1 aromatic carbocycles. The first-order chi connectivity index (χ1) is 12.4. The minimum Gasteiger partial charge on any atom is -0.303 e. The molecule has 2 aromatic rings. The van der Waals surface area contributed by atoms with E-state index in [2.05, 4.69) is 41.1 Å². The van der Waals surface area contributed by atoms with Crippen molar-refractivity contribution in [3.8, 4) is 0 Å². The zero-order valence-corrected chi connectivity index (χ0v) is 14.7. The molecule has 0 bridgehead atoms. The van der Waals surface area contributed by atoms with Crippen LogP contribution in [0.2, 0.25) is 0 Å². The lowest BCUT2D eigenvalue weighted by molar-refractivity contribution is -0.145. The number of benzene rings is 1. The lowest BCUT2D eigenvalue weighted by Gasteiger charge is -2.27. The molecule has 7 heteroatoms. The lowest BCUT2D eigenvalue weighted by Crippen LogP contribution is -2.36. The van der Waals surface area contributed by atoms with Gasteiger partial charge >= 0.3 is 6.18 Å². The van der Waals surface area contributed by atoms with Crippen molar-refractivity contribution in [1.29, 1.82) is 0 Å². The van der Waals surface area contributed by atoms with E-state index in [4.69, 9.17) is 0 Å². The number of unbranched alkanes of at least 4 members (excludes halogenated alkanes) is 1. The summed E-state index contributed by atoms with van der Waals surface area (Å²) in [5, 5.41) is 0. The van der Waals surface area contributed by atoms with E-state index < -0.39 is 17.6 Å².